The van der Waals surface area contributed by atoms with E-state index in [2.05, 4.69) is 18.7 Å². The Morgan fingerprint density at radius 2 is 1.88 bits per heavy atom. The van der Waals surface area contributed by atoms with E-state index in [0.29, 0.717) is 18.6 Å². The SMILES string of the molecule is CCC1(C)CCN(CCOCCN)CC1.Cl. The minimum atomic E-state index is 0. The zero-order chi connectivity index (χ0) is 11.1. The summed E-state index contributed by atoms with van der Waals surface area (Å²) >= 11 is 0. The van der Waals surface area contributed by atoms with Gasteiger partial charge in [-0.05, 0) is 31.3 Å². The number of nitrogens with two attached hydrogens (primary N) is 1. The Hall–Kier alpha value is 0.170. The van der Waals surface area contributed by atoms with E-state index in [4.69, 9.17) is 10.5 Å². The van der Waals surface area contributed by atoms with Gasteiger partial charge in [0, 0.05) is 13.1 Å². The van der Waals surface area contributed by atoms with Gasteiger partial charge in [0.05, 0.1) is 13.2 Å². The summed E-state index contributed by atoms with van der Waals surface area (Å²) < 4.78 is 5.40. The van der Waals surface area contributed by atoms with Gasteiger partial charge < -0.3 is 15.4 Å². The molecule has 1 heterocycles. The maximum atomic E-state index is 5.40. The van der Waals surface area contributed by atoms with Gasteiger partial charge in [0.1, 0.15) is 0 Å². The monoisotopic (exact) mass is 250 g/mol. The average molecular weight is 251 g/mol. The Bertz CT molecular complexity index is 170. The van der Waals surface area contributed by atoms with Crippen molar-refractivity contribution in [1.29, 1.82) is 0 Å². The number of hydrogen-bond donors (Lipinski definition) is 1. The van der Waals surface area contributed by atoms with Crippen LogP contribution in [-0.4, -0.2) is 44.3 Å². The van der Waals surface area contributed by atoms with Crippen molar-refractivity contribution in [2.45, 2.75) is 33.1 Å². The smallest absolute Gasteiger partial charge is 0.0594 e. The third-order valence-electron chi connectivity index (χ3n) is 3.73. The molecule has 1 saturated heterocycles. The third kappa shape index (κ3) is 5.48. The van der Waals surface area contributed by atoms with E-state index >= 15 is 0 Å². The van der Waals surface area contributed by atoms with Crippen LogP contribution in [0.2, 0.25) is 0 Å². The molecule has 98 valence electrons. The molecular weight excluding hydrogens is 224 g/mol. The highest BCUT2D eigenvalue weighted by molar-refractivity contribution is 5.85. The largest absolute Gasteiger partial charge is 0.379 e. The van der Waals surface area contributed by atoms with Crippen LogP contribution < -0.4 is 5.73 Å². The van der Waals surface area contributed by atoms with Crippen LogP contribution in [-0.2, 0) is 4.74 Å². The summed E-state index contributed by atoms with van der Waals surface area (Å²) in [6.45, 7) is 10.4. The van der Waals surface area contributed by atoms with Crippen molar-refractivity contribution in [3.8, 4) is 0 Å². The van der Waals surface area contributed by atoms with E-state index in [1.165, 1.54) is 32.4 Å². The van der Waals surface area contributed by atoms with Crippen LogP contribution >= 0.6 is 12.4 Å². The molecule has 1 aliphatic rings. The van der Waals surface area contributed by atoms with E-state index in [-0.39, 0.29) is 12.4 Å². The zero-order valence-corrected chi connectivity index (χ0v) is 11.5. The lowest BCUT2D eigenvalue weighted by Crippen LogP contribution is -2.40. The van der Waals surface area contributed by atoms with Gasteiger partial charge in [0.15, 0.2) is 0 Å². The summed E-state index contributed by atoms with van der Waals surface area (Å²) in [7, 11) is 0. The normalized spacial score (nSPS) is 20.4. The molecule has 1 aliphatic heterocycles. The summed E-state index contributed by atoms with van der Waals surface area (Å²) in [5, 5.41) is 0. The lowest BCUT2D eigenvalue weighted by molar-refractivity contribution is 0.0699. The first kappa shape index (κ1) is 16.2. The van der Waals surface area contributed by atoms with Crippen LogP contribution in [0, 0.1) is 5.41 Å². The Labute approximate surface area is 106 Å². The molecule has 0 aromatic rings. The molecule has 4 heteroatoms. The van der Waals surface area contributed by atoms with Crippen LogP contribution in [0.15, 0.2) is 0 Å². The molecule has 1 fully saturated rings. The van der Waals surface area contributed by atoms with Gasteiger partial charge >= 0.3 is 0 Å². The summed E-state index contributed by atoms with van der Waals surface area (Å²) in [5.41, 5.74) is 5.95. The second-order valence-corrected chi connectivity index (χ2v) is 4.91. The molecule has 0 amide bonds. The van der Waals surface area contributed by atoms with Crippen molar-refractivity contribution < 1.29 is 4.74 Å². The Balaban J connectivity index is 0.00000225. The number of ether oxygens (including phenoxy) is 1. The number of halogens is 1. The van der Waals surface area contributed by atoms with Gasteiger partial charge in [-0.1, -0.05) is 20.3 Å². The van der Waals surface area contributed by atoms with Crippen LogP contribution in [0.5, 0.6) is 0 Å². The van der Waals surface area contributed by atoms with E-state index in [0.717, 1.165) is 13.2 Å². The third-order valence-corrected chi connectivity index (χ3v) is 3.73. The second kappa shape index (κ2) is 8.29. The number of piperidine rings is 1. The molecule has 0 aromatic carbocycles. The van der Waals surface area contributed by atoms with Crippen LogP contribution in [0.1, 0.15) is 33.1 Å². The summed E-state index contributed by atoms with van der Waals surface area (Å²) in [6, 6.07) is 0. The van der Waals surface area contributed by atoms with Crippen molar-refractivity contribution in [3.63, 3.8) is 0 Å². The molecule has 3 nitrogen and oxygen atoms in total. The molecule has 1 rings (SSSR count). The first-order valence-electron chi connectivity index (χ1n) is 6.20. The standard InChI is InChI=1S/C12H26N2O.ClH/c1-3-12(2)4-7-14(8-5-12)9-11-15-10-6-13;/h3-11,13H2,1-2H3;1H. The van der Waals surface area contributed by atoms with Gasteiger partial charge in [-0.3, -0.25) is 0 Å². The fourth-order valence-electron chi connectivity index (χ4n) is 2.05. The van der Waals surface area contributed by atoms with Gasteiger partial charge in [-0.15, -0.1) is 12.4 Å². The topological polar surface area (TPSA) is 38.5 Å². The van der Waals surface area contributed by atoms with E-state index in [1.54, 1.807) is 0 Å². The van der Waals surface area contributed by atoms with Crippen molar-refractivity contribution in [3.05, 3.63) is 0 Å². The van der Waals surface area contributed by atoms with Gasteiger partial charge in [0.25, 0.3) is 0 Å². The highest BCUT2D eigenvalue weighted by atomic mass is 35.5. The first-order chi connectivity index (χ1) is 7.20. The Morgan fingerprint density at radius 1 is 1.25 bits per heavy atom. The second-order valence-electron chi connectivity index (χ2n) is 4.91. The molecule has 0 aliphatic carbocycles. The number of likely N-dealkylation sites (tertiary alicyclic amines) is 1. The number of rotatable bonds is 6. The lowest BCUT2D eigenvalue weighted by atomic mass is 9.78. The fraction of sp³-hybridized carbons (Fsp3) is 1.00. The predicted octanol–water partition coefficient (Wildman–Crippen LogP) is 1.90. The molecule has 0 saturated carbocycles. The molecule has 0 unspecified atom stereocenters. The van der Waals surface area contributed by atoms with Gasteiger partial charge in [-0.25, -0.2) is 0 Å². The number of nitrogens with zero attached hydrogens (tertiary/aromatic N) is 1. The van der Waals surface area contributed by atoms with Crippen LogP contribution in [0.3, 0.4) is 0 Å². The van der Waals surface area contributed by atoms with Gasteiger partial charge in [-0.2, -0.15) is 0 Å². The first-order valence-corrected chi connectivity index (χ1v) is 6.20. The van der Waals surface area contributed by atoms with Crippen molar-refractivity contribution >= 4 is 12.4 Å². The summed E-state index contributed by atoms with van der Waals surface area (Å²) in [4.78, 5) is 2.51. The summed E-state index contributed by atoms with van der Waals surface area (Å²) in [5.74, 6) is 0. The van der Waals surface area contributed by atoms with Crippen molar-refractivity contribution in [2.24, 2.45) is 11.1 Å². The van der Waals surface area contributed by atoms with Crippen LogP contribution in [0.4, 0.5) is 0 Å². The maximum absolute atomic E-state index is 5.40. The molecule has 0 atom stereocenters. The molecule has 0 spiro atoms. The molecule has 0 bridgehead atoms. The van der Waals surface area contributed by atoms with Crippen LogP contribution in [0.25, 0.3) is 0 Å². The Kier molecular flexibility index (Phi) is 8.38. The van der Waals surface area contributed by atoms with Crippen molar-refractivity contribution in [1.82, 2.24) is 4.90 Å². The highest BCUT2D eigenvalue weighted by Gasteiger charge is 2.27. The number of hydrogen-bond acceptors (Lipinski definition) is 3. The average Bonchev–Trinajstić information content (AvgIpc) is 2.27. The zero-order valence-electron chi connectivity index (χ0n) is 10.7. The molecule has 0 radical (unpaired) electrons. The summed E-state index contributed by atoms with van der Waals surface area (Å²) in [6.07, 6.45) is 3.98. The van der Waals surface area contributed by atoms with Gasteiger partial charge in [0.2, 0.25) is 0 Å². The minimum absolute atomic E-state index is 0. The highest BCUT2D eigenvalue weighted by Crippen LogP contribution is 2.33. The minimum Gasteiger partial charge on any atom is -0.379 e. The Morgan fingerprint density at radius 3 is 2.38 bits per heavy atom. The molecule has 0 aromatic heterocycles. The molecule has 2 N–H and O–H groups in total. The van der Waals surface area contributed by atoms with E-state index in [1.807, 2.05) is 0 Å². The van der Waals surface area contributed by atoms with E-state index in [9.17, 15) is 0 Å². The molecule has 16 heavy (non-hydrogen) atoms. The molecular formula is C12H27ClN2O. The fourth-order valence-corrected chi connectivity index (χ4v) is 2.05. The predicted molar refractivity (Wildman–Crippen MR) is 71.2 cm³/mol. The van der Waals surface area contributed by atoms with E-state index < -0.39 is 0 Å². The van der Waals surface area contributed by atoms with Crippen molar-refractivity contribution in [2.75, 3.05) is 39.4 Å². The quantitative estimate of drug-likeness (QED) is 0.732. The lowest BCUT2D eigenvalue weighted by Gasteiger charge is -2.38. The maximum Gasteiger partial charge on any atom is 0.0594 e.